The third-order valence-corrected chi connectivity index (χ3v) is 3.05. The van der Waals surface area contributed by atoms with Gasteiger partial charge in [-0.1, -0.05) is 19.9 Å². The van der Waals surface area contributed by atoms with Crippen LogP contribution in [0.2, 0.25) is 0 Å². The standard InChI is InChI=1S/C14H22N2O2/c1-14(2,6-5-13(17)18)7-9-16-11-12-4-3-8-15-10-12/h3-4,8,10,16H,5-7,9,11H2,1-2H3,(H,17,18). The Kier molecular flexibility index (Phi) is 5.78. The molecule has 0 atom stereocenters. The Balaban J connectivity index is 2.18. The van der Waals surface area contributed by atoms with Crippen molar-refractivity contribution in [2.75, 3.05) is 6.54 Å². The van der Waals surface area contributed by atoms with Crippen LogP contribution in [0.4, 0.5) is 0 Å². The third-order valence-electron chi connectivity index (χ3n) is 3.05. The molecule has 0 spiro atoms. The Morgan fingerprint density at radius 2 is 2.22 bits per heavy atom. The zero-order valence-electron chi connectivity index (χ0n) is 11.1. The summed E-state index contributed by atoms with van der Waals surface area (Å²) in [6.45, 7) is 5.92. The zero-order chi connectivity index (χ0) is 13.4. The first-order valence-corrected chi connectivity index (χ1v) is 6.31. The van der Waals surface area contributed by atoms with Crippen LogP contribution in [-0.4, -0.2) is 22.6 Å². The van der Waals surface area contributed by atoms with Crippen LogP contribution in [0.1, 0.15) is 38.7 Å². The second kappa shape index (κ2) is 7.11. The van der Waals surface area contributed by atoms with E-state index >= 15 is 0 Å². The number of rotatable bonds is 8. The summed E-state index contributed by atoms with van der Waals surface area (Å²) in [5, 5.41) is 12.0. The molecule has 1 aromatic rings. The molecule has 1 aromatic heterocycles. The number of carboxylic acids is 1. The number of hydrogen-bond donors (Lipinski definition) is 2. The van der Waals surface area contributed by atoms with E-state index in [1.54, 1.807) is 6.20 Å². The molecule has 0 bridgehead atoms. The highest BCUT2D eigenvalue weighted by molar-refractivity contribution is 5.66. The molecule has 0 aliphatic carbocycles. The van der Waals surface area contributed by atoms with Crippen LogP contribution < -0.4 is 5.32 Å². The van der Waals surface area contributed by atoms with Gasteiger partial charge < -0.3 is 10.4 Å². The quantitative estimate of drug-likeness (QED) is 0.696. The van der Waals surface area contributed by atoms with Crippen molar-refractivity contribution >= 4 is 5.97 Å². The lowest BCUT2D eigenvalue weighted by atomic mass is 9.84. The Morgan fingerprint density at radius 3 is 2.83 bits per heavy atom. The van der Waals surface area contributed by atoms with Gasteiger partial charge in [-0.2, -0.15) is 0 Å². The van der Waals surface area contributed by atoms with E-state index < -0.39 is 5.97 Å². The molecule has 4 heteroatoms. The lowest BCUT2D eigenvalue weighted by molar-refractivity contribution is -0.137. The van der Waals surface area contributed by atoms with Gasteiger partial charge in [0.1, 0.15) is 0 Å². The van der Waals surface area contributed by atoms with Crippen molar-refractivity contribution in [1.82, 2.24) is 10.3 Å². The van der Waals surface area contributed by atoms with Gasteiger partial charge in [0.2, 0.25) is 0 Å². The molecule has 0 saturated carbocycles. The van der Waals surface area contributed by atoms with Gasteiger partial charge >= 0.3 is 5.97 Å². The van der Waals surface area contributed by atoms with Gasteiger partial charge in [-0.05, 0) is 36.4 Å². The van der Waals surface area contributed by atoms with Crippen LogP contribution in [0.3, 0.4) is 0 Å². The van der Waals surface area contributed by atoms with E-state index in [0.29, 0.717) is 0 Å². The van der Waals surface area contributed by atoms with Crippen LogP contribution in [0.15, 0.2) is 24.5 Å². The molecule has 2 N–H and O–H groups in total. The summed E-state index contributed by atoms with van der Waals surface area (Å²) < 4.78 is 0. The number of nitrogens with zero attached hydrogens (tertiary/aromatic N) is 1. The third kappa shape index (κ3) is 6.35. The first-order valence-electron chi connectivity index (χ1n) is 6.31. The van der Waals surface area contributed by atoms with E-state index in [4.69, 9.17) is 5.11 Å². The summed E-state index contributed by atoms with van der Waals surface area (Å²) in [5.74, 6) is -0.716. The summed E-state index contributed by atoms with van der Waals surface area (Å²) in [7, 11) is 0. The van der Waals surface area contributed by atoms with E-state index in [2.05, 4.69) is 24.1 Å². The van der Waals surface area contributed by atoms with Gasteiger partial charge in [0.25, 0.3) is 0 Å². The summed E-state index contributed by atoms with van der Waals surface area (Å²) in [6, 6.07) is 3.96. The molecule has 0 unspecified atom stereocenters. The molecule has 0 aromatic carbocycles. The minimum Gasteiger partial charge on any atom is -0.481 e. The predicted molar refractivity (Wildman–Crippen MR) is 71.2 cm³/mol. The van der Waals surface area contributed by atoms with E-state index in [-0.39, 0.29) is 11.8 Å². The van der Waals surface area contributed by atoms with Crippen LogP contribution in [0.5, 0.6) is 0 Å². The molecule has 0 amide bonds. The Hall–Kier alpha value is -1.42. The van der Waals surface area contributed by atoms with Crippen LogP contribution in [0, 0.1) is 5.41 Å². The topological polar surface area (TPSA) is 62.2 Å². The molecule has 0 saturated heterocycles. The number of carbonyl (C=O) groups is 1. The largest absolute Gasteiger partial charge is 0.481 e. The van der Waals surface area contributed by atoms with Crippen LogP contribution in [0.25, 0.3) is 0 Å². The van der Waals surface area contributed by atoms with E-state index in [1.165, 1.54) is 5.56 Å². The van der Waals surface area contributed by atoms with Crippen LogP contribution in [-0.2, 0) is 11.3 Å². The number of pyridine rings is 1. The lowest BCUT2D eigenvalue weighted by Crippen LogP contribution is -2.23. The fourth-order valence-corrected chi connectivity index (χ4v) is 1.73. The Bertz CT molecular complexity index is 363. The zero-order valence-corrected chi connectivity index (χ0v) is 11.1. The van der Waals surface area contributed by atoms with Gasteiger partial charge in [0.05, 0.1) is 0 Å². The average molecular weight is 250 g/mol. The monoisotopic (exact) mass is 250 g/mol. The maximum atomic E-state index is 10.5. The van der Waals surface area contributed by atoms with Crippen LogP contribution >= 0.6 is 0 Å². The molecule has 100 valence electrons. The Labute approximate surface area is 108 Å². The van der Waals surface area contributed by atoms with Gasteiger partial charge in [-0.3, -0.25) is 9.78 Å². The minimum atomic E-state index is -0.716. The molecular formula is C14H22N2O2. The number of carboxylic acid groups (broad SMARTS) is 1. The summed E-state index contributed by atoms with van der Waals surface area (Å²) >= 11 is 0. The summed E-state index contributed by atoms with van der Waals surface area (Å²) in [5.41, 5.74) is 1.24. The lowest BCUT2D eigenvalue weighted by Gasteiger charge is -2.23. The van der Waals surface area contributed by atoms with Crippen molar-refractivity contribution in [3.05, 3.63) is 30.1 Å². The van der Waals surface area contributed by atoms with Gasteiger partial charge in [-0.15, -0.1) is 0 Å². The number of aliphatic carboxylic acids is 1. The molecule has 4 nitrogen and oxygen atoms in total. The SMILES string of the molecule is CC(C)(CCNCc1cccnc1)CCC(=O)O. The van der Waals surface area contributed by atoms with Gasteiger partial charge in [0, 0.05) is 25.4 Å². The average Bonchev–Trinajstić information content (AvgIpc) is 2.34. The summed E-state index contributed by atoms with van der Waals surface area (Å²) in [4.78, 5) is 14.6. The first-order chi connectivity index (χ1) is 8.49. The van der Waals surface area contributed by atoms with Crippen molar-refractivity contribution in [3.8, 4) is 0 Å². The highest BCUT2D eigenvalue weighted by Crippen LogP contribution is 2.25. The summed E-state index contributed by atoms with van der Waals surface area (Å²) in [6.07, 6.45) is 5.55. The molecule has 0 aliphatic heterocycles. The molecule has 0 aliphatic rings. The highest BCUT2D eigenvalue weighted by Gasteiger charge is 2.18. The number of aromatic nitrogens is 1. The number of hydrogen-bond acceptors (Lipinski definition) is 3. The first kappa shape index (κ1) is 14.6. The molecule has 1 heterocycles. The Morgan fingerprint density at radius 1 is 1.44 bits per heavy atom. The fraction of sp³-hybridized carbons (Fsp3) is 0.571. The second-order valence-electron chi connectivity index (χ2n) is 5.35. The maximum Gasteiger partial charge on any atom is 0.303 e. The van der Waals surface area contributed by atoms with E-state index in [9.17, 15) is 4.79 Å². The van der Waals surface area contributed by atoms with Crippen molar-refractivity contribution in [2.24, 2.45) is 5.41 Å². The van der Waals surface area contributed by atoms with Gasteiger partial charge in [-0.25, -0.2) is 0 Å². The normalized spacial score (nSPS) is 11.4. The minimum absolute atomic E-state index is 0.0698. The number of nitrogens with one attached hydrogen (secondary N) is 1. The molecule has 0 radical (unpaired) electrons. The predicted octanol–water partition coefficient (Wildman–Crippen LogP) is 2.45. The van der Waals surface area contributed by atoms with Crippen molar-refractivity contribution < 1.29 is 9.90 Å². The smallest absolute Gasteiger partial charge is 0.303 e. The molecule has 1 rings (SSSR count). The van der Waals surface area contributed by atoms with Crippen molar-refractivity contribution in [1.29, 1.82) is 0 Å². The fourth-order valence-electron chi connectivity index (χ4n) is 1.73. The van der Waals surface area contributed by atoms with E-state index in [1.807, 2.05) is 18.3 Å². The molecule has 18 heavy (non-hydrogen) atoms. The molecule has 0 fully saturated rings. The molecular weight excluding hydrogens is 228 g/mol. The van der Waals surface area contributed by atoms with Gasteiger partial charge in [0.15, 0.2) is 0 Å². The van der Waals surface area contributed by atoms with Crippen molar-refractivity contribution in [2.45, 2.75) is 39.7 Å². The van der Waals surface area contributed by atoms with Crippen molar-refractivity contribution in [3.63, 3.8) is 0 Å². The maximum absolute atomic E-state index is 10.5. The highest BCUT2D eigenvalue weighted by atomic mass is 16.4. The second-order valence-corrected chi connectivity index (χ2v) is 5.35. The van der Waals surface area contributed by atoms with E-state index in [0.717, 1.165) is 25.9 Å².